The van der Waals surface area contributed by atoms with Gasteiger partial charge in [0.1, 0.15) is 17.5 Å². The number of anilines is 2. The monoisotopic (exact) mass is 488 g/mol. The first-order chi connectivity index (χ1) is 16.0. The minimum absolute atomic E-state index is 0. The number of hydrogen-bond acceptors (Lipinski definition) is 3. The van der Waals surface area contributed by atoms with Gasteiger partial charge in [-0.25, -0.2) is 13.2 Å². The maximum absolute atomic E-state index is 14.1. The summed E-state index contributed by atoms with van der Waals surface area (Å²) in [5.41, 5.74) is 3.64. The van der Waals surface area contributed by atoms with Gasteiger partial charge in [0.2, 0.25) is 0 Å². The lowest BCUT2D eigenvalue weighted by atomic mass is 9.88. The van der Waals surface area contributed by atoms with Crippen molar-refractivity contribution < 1.29 is 18.3 Å². The molecular formula is C27H28ClF3N2O. The standard InChI is InChI=1S/C27H27F3N2O.ClH/c28-19-5-3-18(4-6-19)27(33)2-1-14-31-15-13-26-24(17-31)23-16-21(30)9-12-25(23)32(26)22-10-7-20(29)8-11-22;/h3-12,16,24,26-27,33H,1-2,13-15,17H2;1H/t24-,26+,27?;/m0./s1. The number of benzene rings is 3. The van der Waals surface area contributed by atoms with Gasteiger partial charge in [-0.15, -0.1) is 12.4 Å². The van der Waals surface area contributed by atoms with E-state index in [-0.39, 0.29) is 41.8 Å². The molecule has 0 aromatic heterocycles. The summed E-state index contributed by atoms with van der Waals surface area (Å²) in [7, 11) is 0. The third kappa shape index (κ3) is 4.95. The smallest absolute Gasteiger partial charge is 0.123 e. The van der Waals surface area contributed by atoms with Gasteiger partial charge in [0, 0.05) is 36.4 Å². The van der Waals surface area contributed by atoms with Crippen molar-refractivity contribution in [2.24, 2.45) is 0 Å². The van der Waals surface area contributed by atoms with Crippen LogP contribution < -0.4 is 4.90 Å². The number of piperidine rings is 1. The fraction of sp³-hybridized carbons (Fsp3) is 0.333. The van der Waals surface area contributed by atoms with Crippen LogP contribution in [-0.4, -0.2) is 35.7 Å². The van der Waals surface area contributed by atoms with Crippen LogP contribution in [0.3, 0.4) is 0 Å². The summed E-state index contributed by atoms with van der Waals surface area (Å²) in [5.74, 6) is -0.659. The fourth-order valence-electron chi connectivity index (χ4n) is 5.34. The summed E-state index contributed by atoms with van der Waals surface area (Å²) in [6, 6.07) is 17.6. The molecule has 34 heavy (non-hydrogen) atoms. The highest BCUT2D eigenvalue weighted by Gasteiger charge is 2.42. The molecule has 1 N–H and O–H groups in total. The topological polar surface area (TPSA) is 26.7 Å². The van der Waals surface area contributed by atoms with E-state index in [2.05, 4.69) is 9.80 Å². The molecule has 1 saturated heterocycles. The number of aliphatic hydroxyl groups excluding tert-OH is 1. The summed E-state index contributed by atoms with van der Waals surface area (Å²) < 4.78 is 40.7. The molecule has 0 aliphatic carbocycles. The van der Waals surface area contributed by atoms with Crippen LogP contribution in [0.4, 0.5) is 24.5 Å². The van der Waals surface area contributed by atoms with Gasteiger partial charge in [0.05, 0.1) is 6.10 Å². The minimum Gasteiger partial charge on any atom is -0.388 e. The van der Waals surface area contributed by atoms with E-state index >= 15 is 0 Å². The molecule has 1 fully saturated rings. The summed E-state index contributed by atoms with van der Waals surface area (Å²) in [4.78, 5) is 4.61. The third-order valence-corrected chi connectivity index (χ3v) is 6.95. The van der Waals surface area contributed by atoms with Gasteiger partial charge >= 0.3 is 0 Å². The molecule has 3 nitrogen and oxygen atoms in total. The Morgan fingerprint density at radius 2 is 1.53 bits per heavy atom. The zero-order valence-electron chi connectivity index (χ0n) is 18.7. The molecule has 0 radical (unpaired) electrons. The largest absolute Gasteiger partial charge is 0.388 e. The highest BCUT2D eigenvalue weighted by molar-refractivity contribution is 5.85. The Morgan fingerprint density at radius 1 is 0.882 bits per heavy atom. The van der Waals surface area contributed by atoms with E-state index in [1.807, 2.05) is 6.07 Å². The lowest BCUT2D eigenvalue weighted by Crippen LogP contribution is -2.45. The van der Waals surface area contributed by atoms with E-state index in [0.29, 0.717) is 6.42 Å². The Kier molecular flexibility index (Phi) is 7.51. The quantitative estimate of drug-likeness (QED) is 0.438. The Morgan fingerprint density at radius 3 is 2.24 bits per heavy atom. The Hall–Kier alpha value is -2.54. The Bertz CT molecular complexity index is 1110. The van der Waals surface area contributed by atoms with Crippen molar-refractivity contribution in [3.8, 4) is 0 Å². The summed E-state index contributed by atoms with van der Waals surface area (Å²) in [6.45, 7) is 2.55. The first-order valence-corrected chi connectivity index (χ1v) is 11.5. The molecular weight excluding hydrogens is 461 g/mol. The van der Waals surface area contributed by atoms with Crippen molar-refractivity contribution >= 4 is 23.8 Å². The van der Waals surface area contributed by atoms with Crippen LogP contribution in [0.25, 0.3) is 0 Å². The highest BCUT2D eigenvalue weighted by atomic mass is 35.5. The normalized spacial score (nSPS) is 20.4. The molecule has 0 saturated carbocycles. The zero-order valence-corrected chi connectivity index (χ0v) is 19.5. The lowest BCUT2D eigenvalue weighted by molar-refractivity contribution is 0.145. The maximum Gasteiger partial charge on any atom is 0.123 e. The van der Waals surface area contributed by atoms with Gasteiger partial charge in [0.25, 0.3) is 0 Å². The van der Waals surface area contributed by atoms with Gasteiger partial charge in [-0.3, -0.25) is 0 Å². The number of halogens is 4. The zero-order chi connectivity index (χ0) is 22.9. The van der Waals surface area contributed by atoms with E-state index in [4.69, 9.17) is 0 Å². The highest BCUT2D eigenvalue weighted by Crippen LogP contribution is 2.48. The summed E-state index contributed by atoms with van der Waals surface area (Å²) in [6.07, 6.45) is 1.72. The van der Waals surface area contributed by atoms with Crippen molar-refractivity contribution in [2.45, 2.75) is 37.3 Å². The lowest BCUT2D eigenvalue weighted by Gasteiger charge is -2.39. The second kappa shape index (κ2) is 10.4. The first kappa shape index (κ1) is 24.6. The predicted octanol–water partition coefficient (Wildman–Crippen LogP) is 6.35. The van der Waals surface area contributed by atoms with Crippen LogP contribution in [0.2, 0.25) is 0 Å². The van der Waals surface area contributed by atoms with Gasteiger partial charge in [-0.1, -0.05) is 12.1 Å². The average Bonchev–Trinajstić information content (AvgIpc) is 3.13. The first-order valence-electron chi connectivity index (χ1n) is 11.5. The van der Waals surface area contributed by atoms with Gasteiger partial charge < -0.3 is 14.9 Å². The van der Waals surface area contributed by atoms with E-state index in [1.165, 1.54) is 30.3 Å². The molecule has 2 heterocycles. The summed E-state index contributed by atoms with van der Waals surface area (Å²) in [5, 5.41) is 10.4. The number of rotatable bonds is 6. The van der Waals surface area contributed by atoms with Crippen molar-refractivity contribution in [1.82, 2.24) is 4.90 Å². The van der Waals surface area contributed by atoms with Crippen LogP contribution in [0.1, 0.15) is 42.4 Å². The molecule has 0 bridgehead atoms. The predicted molar refractivity (Wildman–Crippen MR) is 130 cm³/mol. The molecule has 7 heteroatoms. The molecule has 3 atom stereocenters. The van der Waals surface area contributed by atoms with Crippen LogP contribution in [0.15, 0.2) is 66.7 Å². The van der Waals surface area contributed by atoms with Crippen LogP contribution in [0.5, 0.6) is 0 Å². The number of likely N-dealkylation sites (tertiary alicyclic amines) is 1. The van der Waals surface area contributed by atoms with E-state index in [9.17, 15) is 18.3 Å². The molecule has 3 aromatic carbocycles. The molecule has 2 aliphatic rings. The van der Waals surface area contributed by atoms with Crippen LogP contribution in [0, 0.1) is 17.5 Å². The minimum atomic E-state index is -0.613. The van der Waals surface area contributed by atoms with Crippen molar-refractivity contribution in [2.75, 3.05) is 24.5 Å². The summed E-state index contributed by atoms with van der Waals surface area (Å²) >= 11 is 0. The molecule has 0 spiro atoms. The van der Waals surface area contributed by atoms with Gasteiger partial charge in [0.15, 0.2) is 0 Å². The molecule has 3 aromatic rings. The number of nitrogens with zero attached hydrogens (tertiary/aromatic N) is 2. The van der Waals surface area contributed by atoms with Crippen molar-refractivity contribution in [3.63, 3.8) is 0 Å². The van der Waals surface area contributed by atoms with Crippen molar-refractivity contribution in [3.05, 3.63) is 95.3 Å². The second-order valence-corrected chi connectivity index (χ2v) is 9.02. The molecule has 1 unspecified atom stereocenters. The average molecular weight is 489 g/mol. The molecule has 5 rings (SSSR count). The number of aliphatic hydroxyl groups is 1. The third-order valence-electron chi connectivity index (χ3n) is 6.95. The van der Waals surface area contributed by atoms with Crippen LogP contribution in [-0.2, 0) is 0 Å². The van der Waals surface area contributed by atoms with Gasteiger partial charge in [-0.05, 0) is 91.5 Å². The second-order valence-electron chi connectivity index (χ2n) is 9.02. The Labute approximate surface area is 204 Å². The van der Waals surface area contributed by atoms with E-state index in [1.54, 1.807) is 30.3 Å². The number of hydrogen-bond donors (Lipinski definition) is 1. The number of fused-ring (bicyclic) bond motifs is 3. The van der Waals surface area contributed by atoms with Gasteiger partial charge in [-0.2, -0.15) is 0 Å². The molecule has 0 amide bonds. The van der Waals surface area contributed by atoms with Crippen molar-refractivity contribution in [1.29, 1.82) is 0 Å². The molecule has 2 aliphatic heterocycles. The van der Waals surface area contributed by atoms with E-state index in [0.717, 1.165) is 55.0 Å². The SMILES string of the molecule is Cl.OC(CCCN1CC[C@@H]2[C@@H](C1)c1cc(F)ccc1N2c1ccc(F)cc1)c1ccc(F)cc1. The van der Waals surface area contributed by atoms with E-state index < -0.39 is 6.10 Å². The molecule has 180 valence electrons. The maximum atomic E-state index is 14.1. The van der Waals surface area contributed by atoms with Crippen LogP contribution >= 0.6 is 12.4 Å². The fourth-order valence-corrected chi connectivity index (χ4v) is 5.34. The Balaban J connectivity index is 0.00000274.